The van der Waals surface area contributed by atoms with Crippen LogP contribution < -0.4 is 5.32 Å². The summed E-state index contributed by atoms with van der Waals surface area (Å²) in [5.74, 6) is 0.274. The van der Waals surface area contributed by atoms with Crippen molar-refractivity contribution in [3.63, 3.8) is 0 Å². The molecule has 1 heterocycles. The van der Waals surface area contributed by atoms with Crippen molar-refractivity contribution in [2.75, 3.05) is 13.1 Å². The van der Waals surface area contributed by atoms with Crippen molar-refractivity contribution >= 4 is 23.4 Å². The second-order valence-electron chi connectivity index (χ2n) is 5.46. The predicted molar refractivity (Wildman–Crippen MR) is 70.1 cm³/mol. The summed E-state index contributed by atoms with van der Waals surface area (Å²) in [5, 5.41) is 2.91. The third-order valence-corrected chi connectivity index (χ3v) is 4.13. The van der Waals surface area contributed by atoms with Crippen LogP contribution in [0.2, 0.25) is 0 Å². The third-order valence-electron chi connectivity index (χ3n) is 3.76. The zero-order chi connectivity index (χ0) is 13.3. The number of amides is 2. The van der Waals surface area contributed by atoms with Gasteiger partial charge in [-0.3, -0.25) is 9.59 Å². The van der Waals surface area contributed by atoms with Crippen molar-refractivity contribution in [1.29, 1.82) is 0 Å². The first-order chi connectivity index (χ1) is 8.47. The number of halogens is 1. The van der Waals surface area contributed by atoms with E-state index in [0.29, 0.717) is 19.5 Å². The molecular weight excluding hydrogens is 252 g/mol. The fraction of sp³-hybridized carbons (Fsp3) is 0.692. The molecule has 1 atom stereocenters. The fourth-order valence-electron chi connectivity index (χ4n) is 2.50. The van der Waals surface area contributed by atoms with E-state index in [1.165, 1.54) is 5.54 Å². The van der Waals surface area contributed by atoms with E-state index in [0.717, 1.165) is 18.4 Å². The summed E-state index contributed by atoms with van der Waals surface area (Å²) >= 11 is 5.65. The molecule has 1 N–H and O–H groups in total. The molecule has 0 spiro atoms. The molecule has 5 heteroatoms. The van der Waals surface area contributed by atoms with E-state index in [9.17, 15) is 9.59 Å². The Labute approximate surface area is 112 Å². The van der Waals surface area contributed by atoms with Gasteiger partial charge in [0.05, 0.1) is 0 Å². The first-order valence-electron chi connectivity index (χ1n) is 6.33. The minimum Gasteiger partial charge on any atom is -0.342 e. The highest BCUT2D eigenvalue weighted by atomic mass is 35.5. The molecule has 100 valence electrons. The van der Waals surface area contributed by atoms with Crippen LogP contribution in [0.25, 0.3) is 0 Å². The molecule has 1 unspecified atom stereocenters. The molecule has 0 aromatic heterocycles. The summed E-state index contributed by atoms with van der Waals surface area (Å²) in [6.07, 6.45) is 2.39. The van der Waals surface area contributed by atoms with E-state index in [2.05, 4.69) is 5.32 Å². The first kappa shape index (κ1) is 13.4. The van der Waals surface area contributed by atoms with E-state index in [-0.39, 0.29) is 17.7 Å². The molecule has 2 rings (SSSR count). The van der Waals surface area contributed by atoms with Gasteiger partial charge in [0.25, 0.3) is 0 Å². The number of carbonyl (C=O) groups is 2. The Morgan fingerprint density at radius 2 is 2.22 bits per heavy atom. The zero-order valence-corrected chi connectivity index (χ0v) is 11.6. The van der Waals surface area contributed by atoms with Gasteiger partial charge < -0.3 is 10.2 Å². The van der Waals surface area contributed by atoms with Gasteiger partial charge in [-0.1, -0.05) is 11.6 Å². The van der Waals surface area contributed by atoms with Crippen LogP contribution in [0.4, 0.5) is 0 Å². The number of hydrogen-bond acceptors (Lipinski definition) is 2. The molecule has 18 heavy (non-hydrogen) atoms. The molecule has 0 aromatic rings. The van der Waals surface area contributed by atoms with Crippen molar-refractivity contribution < 1.29 is 9.59 Å². The van der Waals surface area contributed by atoms with Crippen molar-refractivity contribution in [2.24, 2.45) is 5.92 Å². The average Bonchev–Trinajstić information content (AvgIpc) is 3.16. The number of rotatable bonds is 3. The molecule has 2 aliphatic rings. The van der Waals surface area contributed by atoms with E-state index in [1.54, 1.807) is 4.90 Å². The Balaban J connectivity index is 2.20. The Morgan fingerprint density at radius 1 is 1.56 bits per heavy atom. The lowest BCUT2D eigenvalue weighted by Gasteiger charge is -2.32. The summed E-state index contributed by atoms with van der Waals surface area (Å²) in [7, 11) is 0. The Morgan fingerprint density at radius 3 is 2.78 bits per heavy atom. The molecule has 1 aliphatic heterocycles. The molecule has 0 radical (unpaired) electrons. The number of hydrogen-bond donors (Lipinski definition) is 1. The molecule has 1 saturated heterocycles. The monoisotopic (exact) mass is 270 g/mol. The molecule has 2 fully saturated rings. The van der Waals surface area contributed by atoms with Crippen LogP contribution in [0.3, 0.4) is 0 Å². The minimum atomic E-state index is -0.722. The smallest absolute Gasteiger partial charge is 0.248 e. The van der Waals surface area contributed by atoms with E-state index >= 15 is 0 Å². The molecular formula is C13H19ClN2O2. The lowest BCUT2D eigenvalue weighted by molar-refractivity contribution is -0.138. The lowest BCUT2D eigenvalue weighted by atomic mass is 9.94. The largest absolute Gasteiger partial charge is 0.342 e. The quantitative estimate of drug-likeness (QED) is 0.848. The van der Waals surface area contributed by atoms with Gasteiger partial charge in [0.15, 0.2) is 0 Å². The predicted octanol–water partition coefficient (Wildman–Crippen LogP) is 1.65. The minimum absolute atomic E-state index is 0.0220. The molecule has 1 aliphatic carbocycles. The van der Waals surface area contributed by atoms with E-state index in [4.69, 9.17) is 11.6 Å². The average molecular weight is 271 g/mol. The van der Waals surface area contributed by atoms with Crippen LogP contribution in [0.1, 0.15) is 33.1 Å². The first-order valence-corrected chi connectivity index (χ1v) is 6.77. The van der Waals surface area contributed by atoms with Crippen LogP contribution >= 0.6 is 11.6 Å². The summed E-state index contributed by atoms with van der Waals surface area (Å²) < 4.78 is 0. The van der Waals surface area contributed by atoms with Crippen LogP contribution in [-0.2, 0) is 9.59 Å². The van der Waals surface area contributed by atoms with Gasteiger partial charge in [-0.05, 0) is 38.2 Å². The van der Waals surface area contributed by atoms with Crippen molar-refractivity contribution in [3.05, 3.63) is 11.1 Å². The molecule has 0 bridgehead atoms. The Hall–Kier alpha value is -1.03. The van der Waals surface area contributed by atoms with Gasteiger partial charge in [-0.2, -0.15) is 0 Å². The molecule has 0 aromatic carbocycles. The maximum Gasteiger partial charge on any atom is 0.248 e. The van der Waals surface area contributed by atoms with Gasteiger partial charge in [0.1, 0.15) is 5.54 Å². The number of nitrogens with one attached hydrogen (secondary N) is 1. The van der Waals surface area contributed by atoms with Crippen LogP contribution in [0, 0.1) is 5.92 Å². The summed E-state index contributed by atoms with van der Waals surface area (Å²) in [5.41, 5.74) is 1.69. The van der Waals surface area contributed by atoms with Gasteiger partial charge >= 0.3 is 0 Å². The second-order valence-corrected chi connectivity index (χ2v) is 5.68. The van der Waals surface area contributed by atoms with Gasteiger partial charge in [-0.15, -0.1) is 0 Å². The highest BCUT2D eigenvalue weighted by Crippen LogP contribution is 2.41. The Kier molecular flexibility index (Phi) is 3.66. The molecule has 1 saturated carbocycles. The maximum absolute atomic E-state index is 12.6. The van der Waals surface area contributed by atoms with Crippen LogP contribution in [0.5, 0.6) is 0 Å². The van der Waals surface area contributed by atoms with E-state index < -0.39 is 5.54 Å². The fourth-order valence-corrected chi connectivity index (χ4v) is 2.56. The van der Waals surface area contributed by atoms with Crippen LogP contribution in [-0.4, -0.2) is 35.3 Å². The van der Waals surface area contributed by atoms with E-state index in [1.807, 2.05) is 13.8 Å². The number of carbonyl (C=O) groups excluding carboxylic acids is 2. The zero-order valence-electron chi connectivity index (χ0n) is 10.8. The lowest BCUT2D eigenvalue weighted by Crippen LogP contribution is -2.56. The second kappa shape index (κ2) is 4.92. The van der Waals surface area contributed by atoms with Crippen molar-refractivity contribution in [2.45, 2.75) is 38.6 Å². The van der Waals surface area contributed by atoms with Crippen molar-refractivity contribution in [3.8, 4) is 0 Å². The Bertz CT molecular complexity index is 404. The van der Waals surface area contributed by atoms with Gasteiger partial charge in [0, 0.05) is 25.0 Å². The standard InChI is InChI=1S/C13H19ClN2O2/c1-9(7-14)8-16-6-5-11(17)15-13(2,12(16)18)10-3-4-10/h7,10H,3-6,8H2,1-2H3,(H,15,17). The van der Waals surface area contributed by atoms with Crippen LogP contribution in [0.15, 0.2) is 11.1 Å². The third kappa shape index (κ3) is 2.53. The maximum atomic E-state index is 12.6. The SMILES string of the molecule is CC(=CCl)CN1CCC(=O)NC(C)(C2CC2)C1=O. The highest BCUT2D eigenvalue weighted by Gasteiger charge is 2.50. The summed E-state index contributed by atoms with van der Waals surface area (Å²) in [6, 6.07) is 0. The normalized spacial score (nSPS) is 30.2. The number of nitrogens with zero attached hydrogens (tertiary/aromatic N) is 1. The topological polar surface area (TPSA) is 49.4 Å². The highest BCUT2D eigenvalue weighted by molar-refractivity contribution is 6.25. The molecule has 4 nitrogen and oxygen atoms in total. The van der Waals surface area contributed by atoms with Gasteiger partial charge in [-0.25, -0.2) is 0 Å². The van der Waals surface area contributed by atoms with Gasteiger partial charge in [0.2, 0.25) is 11.8 Å². The molecule has 2 amide bonds. The summed E-state index contributed by atoms with van der Waals surface area (Å²) in [4.78, 5) is 26.1. The summed E-state index contributed by atoms with van der Waals surface area (Å²) in [6.45, 7) is 4.70. The van der Waals surface area contributed by atoms with Crippen molar-refractivity contribution in [1.82, 2.24) is 10.2 Å².